The van der Waals surface area contributed by atoms with Gasteiger partial charge in [-0.2, -0.15) is 5.48 Å². The number of carboxylic acid groups (broad SMARTS) is 1. The molecule has 34 heavy (non-hydrogen) atoms. The van der Waals surface area contributed by atoms with Gasteiger partial charge in [-0.1, -0.05) is 42.5 Å². The number of aromatic nitrogens is 1. The number of rotatable bonds is 6. The molecule has 0 unspecified atom stereocenters. The molecule has 1 saturated heterocycles. The first-order chi connectivity index (χ1) is 15.8. The molecule has 1 atom stereocenters. The fourth-order valence-electron chi connectivity index (χ4n) is 3.33. The van der Waals surface area contributed by atoms with E-state index in [2.05, 4.69) is 10.5 Å². The molecule has 13 heteroatoms. The Hall–Kier alpha value is -1.45. The van der Waals surface area contributed by atoms with Gasteiger partial charge in [0.05, 0.1) is 12.1 Å². The number of amides is 2. The SMILES string of the molecule is Cc1nc(C2=C(C(=O)ONC(=O)Cc3ccccc3)N3C(=O)C(=S)[C@@H]3SC2)sc1CC(=O)[O-].[K+]. The third-order valence-corrected chi connectivity index (χ3v) is 7.90. The van der Waals surface area contributed by atoms with Crippen LogP contribution in [0.15, 0.2) is 36.0 Å². The molecule has 0 aliphatic carbocycles. The summed E-state index contributed by atoms with van der Waals surface area (Å²) < 4.78 is 0. The predicted molar refractivity (Wildman–Crippen MR) is 123 cm³/mol. The number of nitrogens with one attached hydrogen (secondary N) is 1. The molecule has 1 aromatic heterocycles. The van der Waals surface area contributed by atoms with E-state index >= 15 is 0 Å². The van der Waals surface area contributed by atoms with Crippen molar-refractivity contribution in [2.45, 2.75) is 25.1 Å². The van der Waals surface area contributed by atoms with Crippen LogP contribution in [0.1, 0.15) is 21.1 Å². The number of thioether (sulfide) groups is 1. The quantitative estimate of drug-likeness (QED) is 0.184. The summed E-state index contributed by atoms with van der Waals surface area (Å²) >= 11 is 7.56. The van der Waals surface area contributed by atoms with Gasteiger partial charge in [0.25, 0.3) is 11.8 Å². The zero-order chi connectivity index (χ0) is 23.7. The molecule has 0 bridgehead atoms. The fourth-order valence-corrected chi connectivity index (χ4v) is 6.12. The van der Waals surface area contributed by atoms with Crippen LogP contribution in [0.25, 0.3) is 5.57 Å². The molecule has 0 saturated carbocycles. The Morgan fingerprint density at radius 1 is 1.26 bits per heavy atom. The second-order valence-electron chi connectivity index (χ2n) is 7.18. The number of hydrogen-bond donors (Lipinski definition) is 1. The number of benzene rings is 1. The molecule has 4 rings (SSSR count). The van der Waals surface area contributed by atoms with Crippen LogP contribution in [0.5, 0.6) is 0 Å². The van der Waals surface area contributed by atoms with Crippen LogP contribution in [-0.2, 0) is 36.9 Å². The van der Waals surface area contributed by atoms with Gasteiger partial charge < -0.3 is 14.7 Å². The molecule has 170 valence electrons. The van der Waals surface area contributed by atoms with Crippen molar-refractivity contribution >= 4 is 69.5 Å². The number of nitrogens with zero attached hydrogens (tertiary/aromatic N) is 2. The van der Waals surface area contributed by atoms with Gasteiger partial charge in [0.2, 0.25) is 0 Å². The van der Waals surface area contributed by atoms with Gasteiger partial charge in [-0.25, -0.2) is 9.78 Å². The molecular weight excluding hydrogens is 526 g/mol. The summed E-state index contributed by atoms with van der Waals surface area (Å²) in [4.78, 5) is 60.0. The number of carbonyl (C=O) groups excluding carboxylic acids is 4. The second kappa shape index (κ2) is 11.5. The molecule has 1 N–H and O–H groups in total. The monoisotopic (exact) mass is 541 g/mol. The number of thiocarbonyl (C=S) groups is 1. The van der Waals surface area contributed by atoms with Gasteiger partial charge in [0.1, 0.15) is 20.9 Å². The number of carbonyl (C=O) groups is 4. The van der Waals surface area contributed by atoms with Gasteiger partial charge in [-0.3, -0.25) is 14.5 Å². The van der Waals surface area contributed by atoms with E-state index in [9.17, 15) is 24.3 Å². The van der Waals surface area contributed by atoms with Crippen molar-refractivity contribution in [1.29, 1.82) is 0 Å². The van der Waals surface area contributed by atoms with E-state index in [1.807, 2.05) is 6.07 Å². The summed E-state index contributed by atoms with van der Waals surface area (Å²) in [6, 6.07) is 8.92. The van der Waals surface area contributed by atoms with Crippen LogP contribution in [-0.4, -0.2) is 49.6 Å². The van der Waals surface area contributed by atoms with Crippen molar-refractivity contribution < 1.29 is 80.5 Å². The summed E-state index contributed by atoms with van der Waals surface area (Å²) in [5.41, 5.74) is 3.70. The first kappa shape index (κ1) is 27.1. The van der Waals surface area contributed by atoms with Crippen molar-refractivity contribution in [3.63, 3.8) is 0 Å². The number of hydroxylamine groups is 1. The molecule has 3 heterocycles. The Bertz CT molecular complexity index is 1210. The molecule has 2 amide bonds. The third-order valence-electron chi connectivity index (χ3n) is 4.91. The first-order valence-corrected chi connectivity index (χ1v) is 12.0. The van der Waals surface area contributed by atoms with E-state index in [1.54, 1.807) is 31.2 Å². The summed E-state index contributed by atoms with van der Waals surface area (Å²) in [7, 11) is 0. The average Bonchev–Trinajstić information content (AvgIpc) is 3.15. The molecule has 2 aliphatic heterocycles. The Labute approximate surface area is 250 Å². The number of aliphatic carboxylic acids is 1. The van der Waals surface area contributed by atoms with E-state index < -0.39 is 29.1 Å². The summed E-state index contributed by atoms with van der Waals surface area (Å²) in [5.74, 6) is -2.91. The Balaban J connectivity index is 0.00000324. The van der Waals surface area contributed by atoms with Crippen LogP contribution >= 0.6 is 35.3 Å². The number of carboxylic acids is 1. The number of fused-ring (bicyclic) bond motifs is 1. The Kier molecular flexibility index (Phi) is 9.20. The van der Waals surface area contributed by atoms with E-state index in [0.717, 1.165) is 16.9 Å². The second-order valence-corrected chi connectivity index (χ2v) is 9.78. The zero-order valence-electron chi connectivity index (χ0n) is 18.2. The van der Waals surface area contributed by atoms with Crippen molar-refractivity contribution in [1.82, 2.24) is 15.4 Å². The number of aryl methyl sites for hydroxylation is 1. The number of β-lactam (4-membered cyclic amide) rings is 1. The maximum Gasteiger partial charge on any atom is 1.00 e. The largest absolute Gasteiger partial charge is 1.00 e. The zero-order valence-corrected chi connectivity index (χ0v) is 23.7. The minimum Gasteiger partial charge on any atom is -0.550 e. The van der Waals surface area contributed by atoms with Gasteiger partial charge in [-0.15, -0.1) is 23.1 Å². The maximum atomic E-state index is 13.0. The fraction of sp³-hybridized carbons (Fsp3) is 0.238. The van der Waals surface area contributed by atoms with E-state index in [1.165, 1.54) is 16.7 Å². The van der Waals surface area contributed by atoms with E-state index in [0.29, 0.717) is 26.9 Å². The molecule has 2 aliphatic rings. The molecule has 2 aromatic rings. The maximum absolute atomic E-state index is 13.0. The average molecular weight is 542 g/mol. The van der Waals surface area contributed by atoms with Gasteiger partial charge >= 0.3 is 57.4 Å². The summed E-state index contributed by atoms with van der Waals surface area (Å²) in [5, 5.41) is 10.9. The van der Waals surface area contributed by atoms with E-state index in [4.69, 9.17) is 17.1 Å². The van der Waals surface area contributed by atoms with Crippen molar-refractivity contribution in [2.75, 3.05) is 5.75 Å². The van der Waals surface area contributed by atoms with Gasteiger partial charge in [0.15, 0.2) is 0 Å². The Morgan fingerprint density at radius 3 is 2.65 bits per heavy atom. The minimum atomic E-state index is -1.25. The van der Waals surface area contributed by atoms with Crippen molar-refractivity contribution in [3.8, 4) is 0 Å². The first-order valence-electron chi connectivity index (χ1n) is 9.69. The van der Waals surface area contributed by atoms with Crippen LogP contribution in [0.2, 0.25) is 0 Å². The molecule has 9 nitrogen and oxygen atoms in total. The molecule has 0 radical (unpaired) electrons. The van der Waals surface area contributed by atoms with Crippen LogP contribution < -0.4 is 62.0 Å². The van der Waals surface area contributed by atoms with Crippen LogP contribution in [0.3, 0.4) is 0 Å². The minimum absolute atomic E-state index is 0. The van der Waals surface area contributed by atoms with Crippen molar-refractivity contribution in [2.24, 2.45) is 0 Å². The number of thiazole rings is 1. The van der Waals surface area contributed by atoms with Crippen LogP contribution in [0.4, 0.5) is 0 Å². The van der Waals surface area contributed by atoms with Gasteiger partial charge in [0, 0.05) is 28.6 Å². The Morgan fingerprint density at radius 2 is 1.97 bits per heavy atom. The van der Waals surface area contributed by atoms with E-state index in [-0.39, 0.29) is 74.8 Å². The number of hydrogen-bond acceptors (Lipinski definition) is 10. The normalized spacial score (nSPS) is 16.9. The molecular formula is C21H16KN3O6S3. The standard InChI is InChI=1S/C21H17N3O6S3.K/c1-10-13(8-15(26)27)33-18(22-10)12-9-32-20-17(31)19(28)24(20)16(12)21(29)30-23-14(25)7-11-5-3-2-4-6-11;/h2-6,20H,7-9H2,1H3,(H,23,25)(H,26,27);/q;+1/p-1/t20-;/m0./s1. The topological polar surface area (TPSA) is 129 Å². The van der Waals surface area contributed by atoms with Crippen LogP contribution in [0, 0.1) is 6.92 Å². The predicted octanol–water partition coefficient (Wildman–Crippen LogP) is -2.44. The molecule has 0 spiro atoms. The summed E-state index contributed by atoms with van der Waals surface area (Å²) in [6.07, 6.45) is -0.307. The summed E-state index contributed by atoms with van der Waals surface area (Å²) in [6.45, 7) is 1.66. The van der Waals surface area contributed by atoms with Crippen molar-refractivity contribution in [3.05, 3.63) is 57.2 Å². The third kappa shape index (κ3) is 5.68. The molecule has 1 fully saturated rings. The smallest absolute Gasteiger partial charge is 0.550 e. The molecule has 1 aromatic carbocycles. The van der Waals surface area contributed by atoms with Gasteiger partial charge in [-0.05, 0) is 12.5 Å².